The molecule has 2 aromatic carbocycles. The number of rotatable bonds is 4. The maximum absolute atomic E-state index is 14.3. The molecule has 0 aliphatic heterocycles. The summed E-state index contributed by atoms with van der Waals surface area (Å²) in [4.78, 5) is 0. The van der Waals surface area contributed by atoms with Gasteiger partial charge in [0.2, 0.25) is 5.41 Å². The summed E-state index contributed by atoms with van der Waals surface area (Å²) >= 11 is 6.34. The van der Waals surface area contributed by atoms with E-state index in [-0.39, 0.29) is 11.1 Å². The molecular formula is C21H16Br2F6. The molecule has 8 heteroatoms. The zero-order valence-corrected chi connectivity index (χ0v) is 18.5. The van der Waals surface area contributed by atoms with Gasteiger partial charge in [0.05, 0.1) is 0 Å². The van der Waals surface area contributed by atoms with E-state index in [1.807, 2.05) is 0 Å². The second kappa shape index (κ2) is 8.68. The Hall–Kier alpha value is -1.54. The molecule has 0 unspecified atom stereocenters. The minimum atomic E-state index is -5.63. The van der Waals surface area contributed by atoms with Gasteiger partial charge in [0, 0.05) is 8.95 Å². The highest BCUT2D eigenvalue weighted by Gasteiger charge is 2.72. The maximum atomic E-state index is 14.3. The fraction of sp³-hybridized carbons (Fsp3) is 0.238. The molecule has 0 radical (unpaired) electrons. The topological polar surface area (TPSA) is 0 Å². The van der Waals surface area contributed by atoms with Crippen LogP contribution in [-0.2, 0) is 5.41 Å². The van der Waals surface area contributed by atoms with E-state index in [0.29, 0.717) is 8.95 Å². The van der Waals surface area contributed by atoms with Crippen molar-refractivity contribution < 1.29 is 26.3 Å². The second-order valence-electron chi connectivity index (χ2n) is 6.22. The first kappa shape index (κ1) is 23.7. The number of halogens is 8. The molecule has 0 nitrogen and oxygen atoms in total. The van der Waals surface area contributed by atoms with Gasteiger partial charge in [-0.1, -0.05) is 68.3 Å². The standard InChI is InChI=1S/C21H16Br2F6/c1-3-5-13-11-15(7-9-17(13)22)19(20(24,25)26,21(27,28)29)16-8-10-18(23)14(12-16)6-4-2/h3-12H,1-2H3/b5-3-,6-4-. The molecule has 2 rings (SSSR count). The van der Waals surface area contributed by atoms with Crippen LogP contribution in [0, 0.1) is 0 Å². The summed E-state index contributed by atoms with van der Waals surface area (Å²) in [7, 11) is 0. The largest absolute Gasteiger partial charge is 0.411 e. The van der Waals surface area contributed by atoms with Gasteiger partial charge in [-0.3, -0.25) is 0 Å². The zero-order chi connectivity index (χ0) is 22.0. The van der Waals surface area contributed by atoms with Crippen molar-refractivity contribution in [3.8, 4) is 0 Å². The molecule has 2 aromatic rings. The van der Waals surface area contributed by atoms with E-state index in [9.17, 15) is 26.3 Å². The SMILES string of the molecule is C/C=C\c1cc(C(c2ccc(Br)c(/C=C\C)c2)(C(F)(F)F)C(F)(F)F)ccc1Br. The van der Waals surface area contributed by atoms with Crippen LogP contribution >= 0.6 is 31.9 Å². The summed E-state index contributed by atoms with van der Waals surface area (Å²) in [5.41, 5.74) is -5.55. The Morgan fingerprint density at radius 2 is 1.00 bits per heavy atom. The lowest BCUT2D eigenvalue weighted by Crippen LogP contribution is -2.54. The van der Waals surface area contributed by atoms with Crippen LogP contribution in [0.2, 0.25) is 0 Å². The summed E-state index contributed by atoms with van der Waals surface area (Å²) in [6, 6.07) is 5.95. The van der Waals surface area contributed by atoms with Crippen LogP contribution in [0.3, 0.4) is 0 Å². The number of allylic oxidation sites excluding steroid dienone is 2. The van der Waals surface area contributed by atoms with E-state index in [1.54, 1.807) is 13.8 Å². The fourth-order valence-corrected chi connectivity index (χ4v) is 3.91. The number of benzene rings is 2. The van der Waals surface area contributed by atoms with E-state index in [1.165, 1.54) is 36.4 Å². The molecule has 0 aromatic heterocycles. The Bertz CT molecular complexity index is 862. The monoisotopic (exact) mass is 540 g/mol. The molecule has 0 amide bonds. The van der Waals surface area contributed by atoms with Crippen LogP contribution in [0.1, 0.15) is 36.1 Å². The summed E-state index contributed by atoms with van der Waals surface area (Å²) < 4.78 is 86.6. The Labute approximate surface area is 181 Å². The van der Waals surface area contributed by atoms with Crippen LogP contribution in [-0.4, -0.2) is 12.4 Å². The van der Waals surface area contributed by atoms with Crippen LogP contribution in [0.4, 0.5) is 26.3 Å². The lowest BCUT2D eigenvalue weighted by atomic mass is 9.72. The van der Waals surface area contributed by atoms with E-state index in [2.05, 4.69) is 31.9 Å². The third-order valence-electron chi connectivity index (χ3n) is 4.40. The smallest absolute Gasteiger partial charge is 0.169 e. The fourth-order valence-electron chi connectivity index (χ4n) is 3.15. The molecule has 156 valence electrons. The minimum Gasteiger partial charge on any atom is -0.169 e. The maximum Gasteiger partial charge on any atom is 0.411 e. The Morgan fingerprint density at radius 1 is 0.655 bits per heavy atom. The molecule has 0 fully saturated rings. The lowest BCUT2D eigenvalue weighted by molar-refractivity contribution is -0.288. The highest BCUT2D eigenvalue weighted by atomic mass is 79.9. The van der Waals surface area contributed by atoms with E-state index < -0.39 is 28.9 Å². The molecule has 0 saturated carbocycles. The lowest BCUT2D eigenvalue weighted by Gasteiger charge is -2.38. The van der Waals surface area contributed by atoms with Crippen molar-refractivity contribution in [1.29, 1.82) is 0 Å². The molecule has 0 aliphatic carbocycles. The van der Waals surface area contributed by atoms with Gasteiger partial charge in [0.15, 0.2) is 0 Å². The molecule has 0 atom stereocenters. The minimum absolute atomic E-state index is 0.216. The van der Waals surface area contributed by atoms with Crippen molar-refractivity contribution in [3.63, 3.8) is 0 Å². The molecule has 0 saturated heterocycles. The van der Waals surface area contributed by atoms with Gasteiger partial charge < -0.3 is 0 Å². The first-order valence-corrected chi connectivity index (χ1v) is 9.97. The number of hydrogen-bond donors (Lipinski definition) is 0. The number of hydrogen-bond acceptors (Lipinski definition) is 0. The van der Waals surface area contributed by atoms with Crippen LogP contribution < -0.4 is 0 Å². The van der Waals surface area contributed by atoms with Gasteiger partial charge >= 0.3 is 12.4 Å². The highest BCUT2D eigenvalue weighted by molar-refractivity contribution is 9.10. The Balaban J connectivity index is 3.00. The first-order valence-electron chi connectivity index (χ1n) is 8.39. The zero-order valence-electron chi connectivity index (χ0n) is 15.3. The molecule has 0 N–H and O–H groups in total. The predicted octanol–water partition coefficient (Wildman–Crippen LogP) is 8.69. The van der Waals surface area contributed by atoms with Crippen molar-refractivity contribution in [2.24, 2.45) is 0 Å². The molecule has 0 spiro atoms. The van der Waals surface area contributed by atoms with Gasteiger partial charge in [-0.15, -0.1) is 0 Å². The Kier molecular flexibility index (Phi) is 7.10. The van der Waals surface area contributed by atoms with Gasteiger partial charge in [-0.25, -0.2) is 0 Å². The molecule has 0 bridgehead atoms. The van der Waals surface area contributed by atoms with Gasteiger partial charge in [-0.05, 0) is 60.4 Å². The van der Waals surface area contributed by atoms with Gasteiger partial charge in [0.1, 0.15) is 0 Å². The van der Waals surface area contributed by atoms with Crippen molar-refractivity contribution in [1.82, 2.24) is 0 Å². The van der Waals surface area contributed by atoms with E-state index >= 15 is 0 Å². The number of alkyl halides is 6. The molecule has 0 heterocycles. The first-order chi connectivity index (χ1) is 13.4. The third kappa shape index (κ3) is 4.33. The van der Waals surface area contributed by atoms with E-state index in [4.69, 9.17) is 0 Å². The van der Waals surface area contributed by atoms with Crippen LogP contribution in [0.15, 0.2) is 57.5 Å². The average Bonchev–Trinajstić information content (AvgIpc) is 2.59. The van der Waals surface area contributed by atoms with Crippen molar-refractivity contribution in [2.45, 2.75) is 31.6 Å². The van der Waals surface area contributed by atoms with Crippen LogP contribution in [0.5, 0.6) is 0 Å². The van der Waals surface area contributed by atoms with Gasteiger partial charge in [0.25, 0.3) is 0 Å². The summed E-state index contributed by atoms with van der Waals surface area (Å²) in [6.07, 6.45) is -5.30. The summed E-state index contributed by atoms with van der Waals surface area (Å²) in [5.74, 6) is 0. The molecule has 0 aliphatic rings. The molecular weight excluding hydrogens is 526 g/mol. The van der Waals surface area contributed by atoms with Crippen molar-refractivity contribution in [3.05, 3.63) is 79.7 Å². The van der Waals surface area contributed by atoms with Crippen LogP contribution in [0.25, 0.3) is 12.2 Å². The quantitative estimate of drug-likeness (QED) is 0.340. The van der Waals surface area contributed by atoms with Gasteiger partial charge in [-0.2, -0.15) is 26.3 Å². The predicted molar refractivity (Wildman–Crippen MR) is 111 cm³/mol. The Morgan fingerprint density at radius 3 is 1.28 bits per heavy atom. The van der Waals surface area contributed by atoms with Crippen molar-refractivity contribution in [2.75, 3.05) is 0 Å². The summed E-state index contributed by atoms with van der Waals surface area (Å²) in [5, 5.41) is 0. The highest BCUT2D eigenvalue weighted by Crippen LogP contribution is 2.56. The third-order valence-corrected chi connectivity index (χ3v) is 5.85. The van der Waals surface area contributed by atoms with Crippen molar-refractivity contribution >= 4 is 44.0 Å². The molecule has 29 heavy (non-hydrogen) atoms. The second-order valence-corrected chi connectivity index (χ2v) is 7.93. The average molecular weight is 542 g/mol. The summed E-state index contributed by atoms with van der Waals surface area (Å²) in [6.45, 7) is 3.25. The van der Waals surface area contributed by atoms with E-state index in [0.717, 1.165) is 24.3 Å². The normalized spacial score (nSPS) is 13.6.